The van der Waals surface area contributed by atoms with E-state index < -0.39 is 17.4 Å². The van der Waals surface area contributed by atoms with Gasteiger partial charge < -0.3 is 5.32 Å². The molecule has 4 nitrogen and oxygen atoms in total. The van der Waals surface area contributed by atoms with Gasteiger partial charge in [-0.05, 0) is 29.7 Å². The maximum atomic E-state index is 13.2. The average molecular weight is 347 g/mol. The summed E-state index contributed by atoms with van der Waals surface area (Å²) in [6, 6.07) is 12.6. The zero-order valence-corrected chi connectivity index (χ0v) is 13.8. The first-order valence-corrected chi connectivity index (χ1v) is 7.99. The lowest BCUT2D eigenvalue weighted by Crippen LogP contribution is -2.43. The Kier molecular flexibility index (Phi) is 4.28. The topological polar surface area (TPSA) is 49.4 Å². The van der Waals surface area contributed by atoms with Crippen molar-refractivity contribution in [2.45, 2.75) is 25.4 Å². The van der Waals surface area contributed by atoms with Gasteiger partial charge in [-0.25, -0.2) is 9.18 Å². The van der Waals surface area contributed by atoms with E-state index in [1.54, 1.807) is 0 Å². The Labute approximate surface area is 144 Å². The standard InChI is InChI=1S/C18H16ClFN2O2/c1-2-18(13-6-4-3-5-7-13)16(23)22(17(24)21-18)11-12-8-9-14(20)10-15(12)19/h3-10H,2,11H2,1H3,(H,21,24)/t18-/m0/s1. The molecule has 0 spiro atoms. The Balaban J connectivity index is 1.94. The monoisotopic (exact) mass is 346 g/mol. The number of nitrogens with one attached hydrogen (secondary N) is 1. The van der Waals surface area contributed by atoms with Gasteiger partial charge in [-0.15, -0.1) is 0 Å². The molecule has 1 N–H and O–H groups in total. The van der Waals surface area contributed by atoms with E-state index in [9.17, 15) is 14.0 Å². The summed E-state index contributed by atoms with van der Waals surface area (Å²) in [5, 5.41) is 2.99. The van der Waals surface area contributed by atoms with Crippen LogP contribution in [0.5, 0.6) is 0 Å². The van der Waals surface area contributed by atoms with E-state index in [0.717, 1.165) is 10.5 Å². The Morgan fingerprint density at radius 3 is 2.50 bits per heavy atom. The van der Waals surface area contributed by atoms with E-state index in [0.29, 0.717) is 12.0 Å². The molecule has 0 bridgehead atoms. The van der Waals surface area contributed by atoms with Crippen LogP contribution in [0.4, 0.5) is 9.18 Å². The first kappa shape index (κ1) is 16.5. The van der Waals surface area contributed by atoms with Gasteiger partial charge in [-0.3, -0.25) is 9.69 Å². The van der Waals surface area contributed by atoms with Gasteiger partial charge in [0.25, 0.3) is 5.91 Å². The fraction of sp³-hybridized carbons (Fsp3) is 0.222. The van der Waals surface area contributed by atoms with E-state index in [4.69, 9.17) is 11.6 Å². The Morgan fingerprint density at radius 1 is 1.17 bits per heavy atom. The number of hydrogen-bond donors (Lipinski definition) is 1. The van der Waals surface area contributed by atoms with Crippen molar-refractivity contribution in [2.75, 3.05) is 0 Å². The van der Waals surface area contributed by atoms with E-state index in [1.807, 2.05) is 37.3 Å². The molecule has 0 radical (unpaired) electrons. The van der Waals surface area contributed by atoms with Crippen molar-refractivity contribution in [3.8, 4) is 0 Å². The summed E-state index contributed by atoms with van der Waals surface area (Å²) in [5.41, 5.74) is 0.172. The lowest BCUT2D eigenvalue weighted by atomic mass is 9.87. The number of rotatable bonds is 4. The van der Waals surface area contributed by atoms with Crippen LogP contribution in [-0.2, 0) is 16.9 Å². The van der Waals surface area contributed by atoms with Crippen LogP contribution in [0.25, 0.3) is 0 Å². The lowest BCUT2D eigenvalue weighted by molar-refractivity contribution is -0.132. The molecule has 0 unspecified atom stereocenters. The van der Waals surface area contributed by atoms with Crippen LogP contribution in [0.2, 0.25) is 5.02 Å². The van der Waals surface area contributed by atoms with Gasteiger partial charge in [0.15, 0.2) is 0 Å². The van der Waals surface area contributed by atoms with Crippen molar-refractivity contribution in [3.63, 3.8) is 0 Å². The SMILES string of the molecule is CC[C@@]1(c2ccccc2)NC(=O)N(Cc2ccc(F)cc2Cl)C1=O. The zero-order valence-electron chi connectivity index (χ0n) is 13.1. The summed E-state index contributed by atoms with van der Waals surface area (Å²) < 4.78 is 13.2. The summed E-state index contributed by atoms with van der Waals surface area (Å²) in [7, 11) is 0. The molecule has 1 saturated heterocycles. The molecule has 3 amide bonds. The molecule has 0 aliphatic carbocycles. The van der Waals surface area contributed by atoms with Crippen molar-refractivity contribution < 1.29 is 14.0 Å². The Morgan fingerprint density at radius 2 is 1.88 bits per heavy atom. The third-order valence-corrected chi connectivity index (χ3v) is 4.67. The number of carbonyl (C=O) groups excluding carboxylic acids is 2. The van der Waals surface area contributed by atoms with E-state index in [-0.39, 0.29) is 17.5 Å². The van der Waals surface area contributed by atoms with Crippen molar-refractivity contribution in [1.29, 1.82) is 0 Å². The largest absolute Gasteiger partial charge is 0.325 e. The Hall–Kier alpha value is -2.40. The second-order valence-corrected chi connectivity index (χ2v) is 6.09. The number of carbonyl (C=O) groups is 2. The molecule has 2 aromatic carbocycles. The maximum absolute atomic E-state index is 13.2. The molecular formula is C18H16ClFN2O2. The highest BCUT2D eigenvalue weighted by Gasteiger charge is 2.51. The third kappa shape index (κ3) is 2.65. The number of imide groups is 1. The van der Waals surface area contributed by atoms with Crippen LogP contribution in [0.3, 0.4) is 0 Å². The van der Waals surface area contributed by atoms with Gasteiger partial charge in [-0.1, -0.05) is 54.9 Å². The lowest BCUT2D eigenvalue weighted by Gasteiger charge is -2.25. The molecule has 0 aromatic heterocycles. The van der Waals surface area contributed by atoms with Gasteiger partial charge >= 0.3 is 6.03 Å². The van der Waals surface area contributed by atoms with Gasteiger partial charge in [0.05, 0.1) is 6.54 Å². The highest BCUT2D eigenvalue weighted by molar-refractivity contribution is 6.31. The number of urea groups is 1. The van der Waals surface area contributed by atoms with Crippen LogP contribution in [0, 0.1) is 5.82 Å². The third-order valence-electron chi connectivity index (χ3n) is 4.32. The van der Waals surface area contributed by atoms with Gasteiger partial charge in [-0.2, -0.15) is 0 Å². The summed E-state index contributed by atoms with van der Waals surface area (Å²) in [5.74, 6) is -0.797. The van der Waals surface area contributed by atoms with Crippen LogP contribution in [-0.4, -0.2) is 16.8 Å². The molecule has 1 aliphatic rings. The minimum atomic E-state index is -1.08. The molecule has 1 heterocycles. The predicted octanol–water partition coefficient (Wildman–Crippen LogP) is 3.84. The minimum Gasteiger partial charge on any atom is -0.319 e. The molecule has 0 saturated carbocycles. The number of nitrogens with zero attached hydrogens (tertiary/aromatic N) is 1. The summed E-state index contributed by atoms with van der Waals surface area (Å²) >= 11 is 6.02. The second kappa shape index (κ2) is 6.24. The summed E-state index contributed by atoms with van der Waals surface area (Å²) in [4.78, 5) is 26.5. The van der Waals surface area contributed by atoms with Crippen LogP contribution in [0.1, 0.15) is 24.5 Å². The van der Waals surface area contributed by atoms with Gasteiger partial charge in [0.1, 0.15) is 11.4 Å². The highest BCUT2D eigenvalue weighted by atomic mass is 35.5. The van der Waals surface area contributed by atoms with Crippen molar-refractivity contribution in [2.24, 2.45) is 0 Å². The number of amides is 3. The van der Waals surface area contributed by atoms with Gasteiger partial charge in [0, 0.05) is 5.02 Å². The van der Waals surface area contributed by atoms with E-state index >= 15 is 0 Å². The predicted molar refractivity (Wildman–Crippen MR) is 88.9 cm³/mol. The molecule has 6 heteroatoms. The number of benzene rings is 2. The van der Waals surface area contributed by atoms with E-state index in [1.165, 1.54) is 18.2 Å². The van der Waals surface area contributed by atoms with Crippen molar-refractivity contribution >= 4 is 23.5 Å². The maximum Gasteiger partial charge on any atom is 0.325 e. The molecule has 1 atom stereocenters. The molecule has 2 aromatic rings. The second-order valence-electron chi connectivity index (χ2n) is 5.68. The smallest absolute Gasteiger partial charge is 0.319 e. The molecule has 1 fully saturated rings. The first-order chi connectivity index (χ1) is 11.5. The van der Waals surface area contributed by atoms with Gasteiger partial charge in [0.2, 0.25) is 0 Å². The first-order valence-electron chi connectivity index (χ1n) is 7.61. The normalized spacial score (nSPS) is 20.4. The zero-order chi connectivity index (χ0) is 17.3. The number of halogens is 2. The number of hydrogen-bond acceptors (Lipinski definition) is 2. The fourth-order valence-corrected chi connectivity index (χ4v) is 3.18. The van der Waals surface area contributed by atoms with E-state index in [2.05, 4.69) is 5.32 Å². The van der Waals surface area contributed by atoms with Crippen molar-refractivity contribution in [3.05, 3.63) is 70.5 Å². The van der Waals surface area contributed by atoms with Crippen molar-refractivity contribution in [1.82, 2.24) is 10.2 Å². The molecule has 124 valence electrons. The molecule has 24 heavy (non-hydrogen) atoms. The molecular weight excluding hydrogens is 331 g/mol. The van der Waals surface area contributed by atoms with Crippen LogP contribution >= 0.6 is 11.6 Å². The fourth-order valence-electron chi connectivity index (χ4n) is 2.95. The highest BCUT2D eigenvalue weighted by Crippen LogP contribution is 2.33. The Bertz CT molecular complexity index is 797. The summed E-state index contributed by atoms with van der Waals surface area (Å²) in [6.07, 6.45) is 0.426. The van der Waals surface area contributed by atoms with Crippen LogP contribution in [0.15, 0.2) is 48.5 Å². The average Bonchev–Trinajstić information content (AvgIpc) is 2.83. The summed E-state index contributed by atoms with van der Waals surface area (Å²) in [6.45, 7) is 1.85. The quantitative estimate of drug-likeness (QED) is 0.855. The minimum absolute atomic E-state index is 0.00162. The molecule has 1 aliphatic heterocycles. The van der Waals surface area contributed by atoms with Crippen LogP contribution < -0.4 is 5.32 Å². The molecule has 3 rings (SSSR count).